The second kappa shape index (κ2) is 6.33. The highest BCUT2D eigenvalue weighted by Gasteiger charge is 2.26. The average molecular weight is 264 g/mol. The topological polar surface area (TPSA) is 92.4 Å². The van der Waals surface area contributed by atoms with Crippen LogP contribution in [0.1, 0.15) is 31.0 Å². The number of carbonyl (C=O) groups excluding carboxylic acids is 1. The number of aliphatic carboxylic acids is 1. The molecule has 0 bridgehead atoms. The van der Waals surface area contributed by atoms with E-state index in [-0.39, 0.29) is 5.92 Å². The van der Waals surface area contributed by atoms with Crippen molar-refractivity contribution >= 4 is 11.9 Å². The van der Waals surface area contributed by atoms with Crippen LogP contribution >= 0.6 is 0 Å². The summed E-state index contributed by atoms with van der Waals surface area (Å²) in [4.78, 5) is 23.0. The molecule has 1 aromatic rings. The van der Waals surface area contributed by atoms with Gasteiger partial charge in [-0.3, -0.25) is 4.79 Å². The largest absolute Gasteiger partial charge is 0.480 e. The van der Waals surface area contributed by atoms with Crippen molar-refractivity contribution in [2.24, 2.45) is 11.7 Å². The molecule has 2 atom stereocenters. The first-order chi connectivity index (χ1) is 8.82. The van der Waals surface area contributed by atoms with Gasteiger partial charge in [-0.15, -0.1) is 0 Å². The minimum atomic E-state index is -1.06. The van der Waals surface area contributed by atoms with Gasteiger partial charge in [0.05, 0.1) is 0 Å². The molecule has 1 rings (SSSR count). The molecule has 0 aromatic heterocycles. The molecule has 4 N–H and O–H groups in total. The number of rotatable bonds is 5. The number of carboxylic acid groups (broad SMARTS) is 1. The summed E-state index contributed by atoms with van der Waals surface area (Å²) < 4.78 is 0. The number of aryl methyl sites for hydroxylation is 1. The third-order valence-electron chi connectivity index (χ3n) is 2.95. The highest BCUT2D eigenvalue weighted by molar-refractivity contribution is 5.87. The zero-order chi connectivity index (χ0) is 14.6. The van der Waals surface area contributed by atoms with Gasteiger partial charge in [-0.05, 0) is 18.4 Å². The Morgan fingerprint density at radius 2 is 1.74 bits per heavy atom. The maximum Gasteiger partial charge on any atom is 0.326 e. The van der Waals surface area contributed by atoms with E-state index >= 15 is 0 Å². The maximum atomic E-state index is 11.9. The van der Waals surface area contributed by atoms with E-state index < -0.39 is 24.0 Å². The highest BCUT2D eigenvalue weighted by atomic mass is 16.4. The van der Waals surface area contributed by atoms with Gasteiger partial charge in [-0.2, -0.15) is 0 Å². The van der Waals surface area contributed by atoms with Gasteiger partial charge >= 0.3 is 5.97 Å². The van der Waals surface area contributed by atoms with Crippen LogP contribution in [-0.4, -0.2) is 23.0 Å². The minimum absolute atomic E-state index is 0.202. The molecule has 0 heterocycles. The second-order valence-electron chi connectivity index (χ2n) is 4.96. The molecule has 0 aliphatic rings. The van der Waals surface area contributed by atoms with Crippen LogP contribution in [0.25, 0.3) is 0 Å². The van der Waals surface area contributed by atoms with Gasteiger partial charge < -0.3 is 16.2 Å². The summed E-state index contributed by atoms with van der Waals surface area (Å²) in [5.74, 6) is -1.74. The van der Waals surface area contributed by atoms with E-state index in [1.807, 2.05) is 19.1 Å². The van der Waals surface area contributed by atoms with Crippen LogP contribution in [0.3, 0.4) is 0 Å². The molecular weight excluding hydrogens is 244 g/mol. The fourth-order valence-corrected chi connectivity index (χ4v) is 1.68. The van der Waals surface area contributed by atoms with Crippen LogP contribution in [-0.2, 0) is 9.59 Å². The average Bonchev–Trinajstić information content (AvgIpc) is 2.34. The SMILES string of the molecule is Cc1ccc(C(N)C(=O)N[C@H](C(=O)O)C(C)C)cc1. The monoisotopic (exact) mass is 264 g/mol. The number of hydrogen-bond donors (Lipinski definition) is 3. The lowest BCUT2D eigenvalue weighted by Gasteiger charge is -2.20. The molecule has 19 heavy (non-hydrogen) atoms. The van der Waals surface area contributed by atoms with Gasteiger partial charge in [0.15, 0.2) is 0 Å². The van der Waals surface area contributed by atoms with Crippen molar-refractivity contribution < 1.29 is 14.7 Å². The zero-order valence-electron chi connectivity index (χ0n) is 11.4. The summed E-state index contributed by atoms with van der Waals surface area (Å²) in [5.41, 5.74) is 7.57. The van der Waals surface area contributed by atoms with E-state index in [2.05, 4.69) is 5.32 Å². The molecule has 0 aliphatic carbocycles. The Balaban J connectivity index is 2.77. The third kappa shape index (κ3) is 4.06. The third-order valence-corrected chi connectivity index (χ3v) is 2.95. The standard InChI is InChI=1S/C14H20N2O3/c1-8(2)12(14(18)19)16-13(17)11(15)10-6-4-9(3)5-7-10/h4-8,11-12H,15H2,1-3H3,(H,16,17)(H,18,19)/t11?,12-/m0/s1. The van der Waals surface area contributed by atoms with Gasteiger partial charge in [0.1, 0.15) is 12.1 Å². The molecule has 0 radical (unpaired) electrons. The van der Waals surface area contributed by atoms with E-state index in [1.54, 1.807) is 26.0 Å². The first-order valence-corrected chi connectivity index (χ1v) is 6.18. The van der Waals surface area contributed by atoms with Crippen LogP contribution in [0.15, 0.2) is 24.3 Å². The summed E-state index contributed by atoms with van der Waals surface area (Å²) in [6.45, 7) is 5.40. The van der Waals surface area contributed by atoms with Crippen LogP contribution in [0.4, 0.5) is 0 Å². The van der Waals surface area contributed by atoms with Crippen LogP contribution in [0.5, 0.6) is 0 Å². The van der Waals surface area contributed by atoms with Crippen molar-refractivity contribution in [1.29, 1.82) is 0 Å². The Morgan fingerprint density at radius 3 is 2.16 bits per heavy atom. The Hall–Kier alpha value is -1.88. The summed E-state index contributed by atoms with van der Waals surface area (Å²) in [6, 6.07) is 5.47. The van der Waals surface area contributed by atoms with E-state index in [4.69, 9.17) is 10.8 Å². The van der Waals surface area contributed by atoms with Crippen molar-refractivity contribution in [3.8, 4) is 0 Å². The summed E-state index contributed by atoms with van der Waals surface area (Å²) in [5, 5.41) is 11.5. The number of benzene rings is 1. The molecular formula is C14H20N2O3. The molecule has 1 aromatic carbocycles. The van der Waals surface area contributed by atoms with Gasteiger partial charge in [-0.25, -0.2) is 4.79 Å². The Morgan fingerprint density at radius 1 is 1.21 bits per heavy atom. The van der Waals surface area contributed by atoms with Gasteiger partial charge in [0.25, 0.3) is 0 Å². The number of hydrogen-bond acceptors (Lipinski definition) is 3. The fourth-order valence-electron chi connectivity index (χ4n) is 1.68. The molecule has 0 aliphatic heterocycles. The Kier molecular flexibility index (Phi) is 5.06. The van der Waals surface area contributed by atoms with Crippen molar-refractivity contribution in [1.82, 2.24) is 5.32 Å². The van der Waals surface area contributed by atoms with E-state index in [0.717, 1.165) is 5.56 Å². The number of nitrogens with one attached hydrogen (secondary N) is 1. The summed E-state index contributed by atoms with van der Waals surface area (Å²) >= 11 is 0. The number of amides is 1. The molecule has 104 valence electrons. The fraction of sp³-hybridized carbons (Fsp3) is 0.429. The molecule has 0 saturated carbocycles. The zero-order valence-corrected chi connectivity index (χ0v) is 11.4. The Labute approximate surface area is 112 Å². The summed E-state index contributed by atoms with van der Waals surface area (Å²) in [7, 11) is 0. The first kappa shape index (κ1) is 15.2. The quantitative estimate of drug-likeness (QED) is 0.745. The van der Waals surface area contributed by atoms with Crippen LogP contribution in [0, 0.1) is 12.8 Å². The number of nitrogens with two attached hydrogens (primary N) is 1. The molecule has 5 heteroatoms. The molecule has 0 fully saturated rings. The van der Waals surface area contributed by atoms with Gasteiger partial charge in [0.2, 0.25) is 5.91 Å². The van der Waals surface area contributed by atoms with Crippen molar-refractivity contribution in [2.45, 2.75) is 32.9 Å². The van der Waals surface area contributed by atoms with Crippen LogP contribution < -0.4 is 11.1 Å². The predicted octanol–water partition coefficient (Wildman–Crippen LogP) is 1.22. The van der Waals surface area contributed by atoms with Crippen molar-refractivity contribution in [2.75, 3.05) is 0 Å². The first-order valence-electron chi connectivity index (χ1n) is 6.18. The minimum Gasteiger partial charge on any atom is -0.480 e. The van der Waals surface area contributed by atoms with Crippen molar-refractivity contribution in [3.05, 3.63) is 35.4 Å². The van der Waals surface area contributed by atoms with E-state index in [0.29, 0.717) is 5.56 Å². The van der Waals surface area contributed by atoms with Gasteiger partial charge in [-0.1, -0.05) is 43.7 Å². The lowest BCUT2D eigenvalue weighted by Crippen LogP contribution is -2.47. The predicted molar refractivity (Wildman–Crippen MR) is 72.5 cm³/mol. The molecule has 0 saturated heterocycles. The number of carboxylic acids is 1. The van der Waals surface area contributed by atoms with Gasteiger partial charge in [0, 0.05) is 0 Å². The maximum absolute atomic E-state index is 11.9. The highest BCUT2D eigenvalue weighted by Crippen LogP contribution is 2.12. The molecule has 0 spiro atoms. The van der Waals surface area contributed by atoms with Crippen molar-refractivity contribution in [3.63, 3.8) is 0 Å². The van der Waals surface area contributed by atoms with E-state index in [1.165, 1.54) is 0 Å². The second-order valence-corrected chi connectivity index (χ2v) is 4.96. The van der Waals surface area contributed by atoms with Crippen LogP contribution in [0.2, 0.25) is 0 Å². The normalized spacial score (nSPS) is 13.9. The molecule has 1 amide bonds. The molecule has 1 unspecified atom stereocenters. The Bertz CT molecular complexity index is 454. The van der Waals surface area contributed by atoms with E-state index in [9.17, 15) is 9.59 Å². The summed E-state index contributed by atoms with van der Waals surface area (Å²) in [6.07, 6.45) is 0. The smallest absolute Gasteiger partial charge is 0.326 e. The lowest BCUT2D eigenvalue weighted by molar-refractivity contribution is -0.143. The lowest BCUT2D eigenvalue weighted by atomic mass is 10.0. The number of carbonyl (C=O) groups is 2. The molecule has 5 nitrogen and oxygen atoms in total.